The van der Waals surface area contributed by atoms with E-state index in [1.54, 1.807) is 0 Å². The van der Waals surface area contributed by atoms with Crippen molar-refractivity contribution in [3.63, 3.8) is 0 Å². The van der Waals surface area contributed by atoms with Gasteiger partial charge in [0.15, 0.2) is 5.69 Å². The zero-order valence-electron chi connectivity index (χ0n) is 6.59. The number of thiocarbonyl (C=S) groups is 1. The van der Waals surface area contributed by atoms with Crippen molar-refractivity contribution in [3.8, 4) is 0 Å². The van der Waals surface area contributed by atoms with Gasteiger partial charge in [-0.2, -0.15) is 18.3 Å². The Morgan fingerprint density at radius 3 is 2.46 bits per heavy atom. The summed E-state index contributed by atoms with van der Waals surface area (Å²) in [7, 11) is 1.37. The fourth-order valence-electron chi connectivity index (χ4n) is 0.878. The fraction of sp³-hybridized carbons (Fsp3) is 0.333. The molecule has 0 aliphatic carbocycles. The first-order chi connectivity index (χ1) is 5.82. The lowest BCUT2D eigenvalue weighted by Gasteiger charge is -2.03. The number of rotatable bonds is 1. The van der Waals surface area contributed by atoms with E-state index in [1.807, 2.05) is 0 Å². The van der Waals surface area contributed by atoms with Crippen molar-refractivity contribution in [2.75, 3.05) is 0 Å². The Morgan fingerprint density at radius 1 is 1.62 bits per heavy atom. The van der Waals surface area contributed by atoms with E-state index in [0.717, 1.165) is 10.9 Å². The van der Waals surface area contributed by atoms with Crippen LogP contribution in [0.15, 0.2) is 6.20 Å². The molecule has 0 atom stereocenters. The molecular weight excluding hydrogens is 203 g/mol. The van der Waals surface area contributed by atoms with Gasteiger partial charge >= 0.3 is 6.18 Å². The van der Waals surface area contributed by atoms with Crippen LogP contribution in [-0.2, 0) is 13.2 Å². The van der Waals surface area contributed by atoms with Crippen LogP contribution in [0.5, 0.6) is 0 Å². The van der Waals surface area contributed by atoms with E-state index in [1.165, 1.54) is 7.05 Å². The molecule has 2 N–H and O–H groups in total. The molecule has 0 radical (unpaired) electrons. The van der Waals surface area contributed by atoms with E-state index in [9.17, 15) is 13.2 Å². The highest BCUT2D eigenvalue weighted by Gasteiger charge is 2.37. The first-order valence-electron chi connectivity index (χ1n) is 3.23. The number of aryl methyl sites for hydroxylation is 1. The predicted molar refractivity (Wildman–Crippen MR) is 44.1 cm³/mol. The van der Waals surface area contributed by atoms with Gasteiger partial charge in [0.1, 0.15) is 4.99 Å². The normalized spacial score (nSPS) is 11.7. The Balaban J connectivity index is 3.28. The van der Waals surface area contributed by atoms with E-state index in [4.69, 9.17) is 5.73 Å². The zero-order chi connectivity index (χ0) is 10.2. The topological polar surface area (TPSA) is 43.8 Å². The summed E-state index contributed by atoms with van der Waals surface area (Å²) in [4.78, 5) is -0.305. The molecule has 1 aromatic rings. The van der Waals surface area contributed by atoms with Crippen LogP contribution in [0.4, 0.5) is 13.2 Å². The van der Waals surface area contributed by atoms with Gasteiger partial charge in [-0.3, -0.25) is 4.68 Å². The van der Waals surface area contributed by atoms with Crippen molar-refractivity contribution in [2.45, 2.75) is 6.18 Å². The summed E-state index contributed by atoms with van der Waals surface area (Å²) >= 11 is 4.46. The quantitative estimate of drug-likeness (QED) is 0.704. The SMILES string of the molecule is Cn1cc(C(N)=S)c(C(F)(F)F)n1. The van der Waals surface area contributed by atoms with Crippen molar-refractivity contribution in [1.82, 2.24) is 9.78 Å². The van der Waals surface area contributed by atoms with Gasteiger partial charge in [0.2, 0.25) is 0 Å². The first kappa shape index (κ1) is 9.97. The third kappa shape index (κ3) is 1.97. The first-order valence-corrected chi connectivity index (χ1v) is 3.64. The number of hydrogen-bond acceptors (Lipinski definition) is 2. The molecule has 3 nitrogen and oxygen atoms in total. The third-order valence-corrected chi connectivity index (χ3v) is 1.58. The van der Waals surface area contributed by atoms with Crippen LogP contribution >= 0.6 is 12.2 Å². The van der Waals surface area contributed by atoms with Crippen molar-refractivity contribution in [1.29, 1.82) is 0 Å². The largest absolute Gasteiger partial charge is 0.435 e. The minimum atomic E-state index is -4.51. The molecule has 0 saturated carbocycles. The lowest BCUT2D eigenvalue weighted by Crippen LogP contribution is -2.16. The standard InChI is InChI=1S/C6H6F3N3S/c1-12-2-3(5(10)13)4(11-12)6(7,8)9/h2H,1H3,(H2,10,13). The van der Waals surface area contributed by atoms with E-state index in [2.05, 4.69) is 17.3 Å². The van der Waals surface area contributed by atoms with Gasteiger partial charge in [0.25, 0.3) is 0 Å². The monoisotopic (exact) mass is 209 g/mol. The number of nitrogens with zero attached hydrogens (tertiary/aromatic N) is 2. The number of hydrogen-bond donors (Lipinski definition) is 1. The average molecular weight is 209 g/mol. The van der Waals surface area contributed by atoms with Crippen molar-refractivity contribution >= 4 is 17.2 Å². The fourth-order valence-corrected chi connectivity index (χ4v) is 1.03. The molecule has 13 heavy (non-hydrogen) atoms. The van der Waals surface area contributed by atoms with Crippen LogP contribution in [0.3, 0.4) is 0 Å². The molecule has 0 saturated heterocycles. The second-order valence-corrected chi connectivity index (χ2v) is 2.87. The van der Waals surface area contributed by atoms with E-state index in [0.29, 0.717) is 0 Å². The van der Waals surface area contributed by atoms with Gasteiger partial charge in [0, 0.05) is 13.2 Å². The maximum atomic E-state index is 12.2. The Kier molecular flexibility index (Phi) is 2.29. The Bertz CT molecular complexity index is 341. The van der Waals surface area contributed by atoms with Crippen LogP contribution < -0.4 is 5.73 Å². The Morgan fingerprint density at radius 2 is 2.15 bits per heavy atom. The molecule has 1 heterocycles. The average Bonchev–Trinajstić information content (AvgIpc) is 2.29. The lowest BCUT2D eigenvalue weighted by molar-refractivity contribution is -0.141. The van der Waals surface area contributed by atoms with Gasteiger partial charge < -0.3 is 5.73 Å². The number of aromatic nitrogens is 2. The molecule has 0 aliphatic rings. The van der Waals surface area contributed by atoms with Gasteiger partial charge in [0.05, 0.1) is 5.56 Å². The highest BCUT2D eigenvalue weighted by Crippen LogP contribution is 2.30. The second-order valence-electron chi connectivity index (χ2n) is 2.43. The number of nitrogens with two attached hydrogens (primary N) is 1. The molecule has 0 aliphatic heterocycles. The summed E-state index contributed by atoms with van der Waals surface area (Å²) in [5.74, 6) is 0. The summed E-state index contributed by atoms with van der Waals surface area (Å²) in [6.45, 7) is 0. The Labute approximate surface area is 77.3 Å². The maximum absolute atomic E-state index is 12.2. The molecule has 1 aromatic heterocycles. The minimum Gasteiger partial charge on any atom is -0.389 e. The summed E-state index contributed by atoms with van der Waals surface area (Å²) in [6.07, 6.45) is -3.37. The zero-order valence-corrected chi connectivity index (χ0v) is 7.41. The minimum absolute atomic E-state index is 0.245. The van der Waals surface area contributed by atoms with Crippen LogP contribution in [0.2, 0.25) is 0 Å². The summed E-state index contributed by atoms with van der Waals surface area (Å²) in [5, 5.41) is 3.23. The van der Waals surface area contributed by atoms with Crippen LogP contribution in [-0.4, -0.2) is 14.8 Å². The highest BCUT2D eigenvalue weighted by atomic mass is 32.1. The molecule has 72 valence electrons. The molecule has 0 bridgehead atoms. The van der Waals surface area contributed by atoms with E-state index < -0.39 is 11.9 Å². The van der Waals surface area contributed by atoms with Crippen molar-refractivity contribution in [3.05, 3.63) is 17.5 Å². The smallest absolute Gasteiger partial charge is 0.389 e. The van der Waals surface area contributed by atoms with Gasteiger partial charge in [-0.15, -0.1) is 0 Å². The third-order valence-electron chi connectivity index (χ3n) is 1.36. The molecule has 0 unspecified atom stereocenters. The van der Waals surface area contributed by atoms with Crippen molar-refractivity contribution in [2.24, 2.45) is 12.8 Å². The second kappa shape index (κ2) is 2.99. The number of halogens is 3. The van der Waals surface area contributed by atoms with Crippen molar-refractivity contribution < 1.29 is 13.2 Å². The summed E-state index contributed by atoms with van der Waals surface area (Å²) in [6, 6.07) is 0. The van der Waals surface area contributed by atoms with Crippen LogP contribution in [0, 0.1) is 0 Å². The highest BCUT2D eigenvalue weighted by molar-refractivity contribution is 7.80. The Hall–Kier alpha value is -1.11. The van der Waals surface area contributed by atoms with E-state index in [-0.39, 0.29) is 10.6 Å². The predicted octanol–water partition coefficient (Wildman–Crippen LogP) is 1.07. The number of alkyl halides is 3. The molecule has 0 fully saturated rings. The molecule has 0 amide bonds. The van der Waals surface area contributed by atoms with Gasteiger partial charge in [-0.05, 0) is 0 Å². The lowest BCUT2D eigenvalue weighted by atomic mass is 10.2. The maximum Gasteiger partial charge on any atom is 0.435 e. The molecule has 1 rings (SSSR count). The molecule has 0 aromatic carbocycles. The van der Waals surface area contributed by atoms with Crippen LogP contribution in [0.25, 0.3) is 0 Å². The molecule has 0 spiro atoms. The summed E-state index contributed by atoms with van der Waals surface area (Å²) in [5.41, 5.74) is 3.82. The molecular formula is C6H6F3N3S. The van der Waals surface area contributed by atoms with Gasteiger partial charge in [-0.1, -0.05) is 12.2 Å². The molecule has 7 heteroatoms. The van der Waals surface area contributed by atoms with Gasteiger partial charge in [-0.25, -0.2) is 0 Å². The van der Waals surface area contributed by atoms with Crippen LogP contribution in [0.1, 0.15) is 11.3 Å². The van der Waals surface area contributed by atoms with E-state index >= 15 is 0 Å². The summed E-state index contributed by atoms with van der Waals surface area (Å²) < 4.78 is 37.7.